The number of anilines is 1. The molecular formula is C14H22N4O. The number of benzene rings is 1. The summed E-state index contributed by atoms with van der Waals surface area (Å²) in [6.45, 7) is 3.51. The van der Waals surface area contributed by atoms with Gasteiger partial charge in [0.15, 0.2) is 0 Å². The summed E-state index contributed by atoms with van der Waals surface area (Å²) >= 11 is 0. The first-order chi connectivity index (χ1) is 9.08. The van der Waals surface area contributed by atoms with Crippen molar-refractivity contribution >= 4 is 11.5 Å². The molecule has 104 valence electrons. The lowest BCUT2D eigenvalue weighted by atomic mass is 10.1. The van der Waals surface area contributed by atoms with Crippen LogP contribution in [0.1, 0.15) is 5.56 Å². The number of nitrogen functional groups attached to an aromatic ring is 1. The lowest BCUT2D eigenvalue weighted by molar-refractivity contribution is -0.0143. The molecule has 0 aromatic heterocycles. The molecular weight excluding hydrogens is 240 g/mol. The van der Waals surface area contributed by atoms with Crippen molar-refractivity contribution in [2.75, 3.05) is 45.2 Å². The normalized spacial score (nSPS) is 20.2. The molecule has 1 aromatic rings. The molecule has 1 aliphatic rings. The van der Waals surface area contributed by atoms with Crippen LogP contribution in [0, 0.1) is 5.41 Å². The Kier molecular flexibility index (Phi) is 4.39. The van der Waals surface area contributed by atoms with E-state index in [1.807, 2.05) is 31.3 Å². The quantitative estimate of drug-likeness (QED) is 0.620. The number of nitrogens with zero attached hydrogens (tertiary/aromatic N) is 2. The average molecular weight is 262 g/mol. The fourth-order valence-electron chi connectivity index (χ4n) is 2.42. The number of hydrogen-bond acceptors (Lipinski definition) is 4. The maximum Gasteiger partial charge on any atom is 0.124 e. The molecule has 1 unspecified atom stereocenters. The Hall–Kier alpha value is -1.59. The van der Waals surface area contributed by atoms with Gasteiger partial charge in [-0.05, 0) is 19.2 Å². The monoisotopic (exact) mass is 262 g/mol. The lowest BCUT2D eigenvalue weighted by Crippen LogP contribution is -2.45. The van der Waals surface area contributed by atoms with E-state index in [-0.39, 0.29) is 11.9 Å². The third kappa shape index (κ3) is 3.45. The first-order valence-corrected chi connectivity index (χ1v) is 6.52. The van der Waals surface area contributed by atoms with Crippen LogP contribution >= 0.6 is 0 Å². The Morgan fingerprint density at radius 2 is 2.26 bits per heavy atom. The number of nitrogens with two attached hydrogens (primary N) is 1. The molecule has 1 saturated heterocycles. The second kappa shape index (κ2) is 6.04. The van der Waals surface area contributed by atoms with Crippen LogP contribution in [-0.2, 0) is 4.74 Å². The van der Waals surface area contributed by atoms with Crippen molar-refractivity contribution in [2.24, 2.45) is 5.73 Å². The van der Waals surface area contributed by atoms with Gasteiger partial charge in [-0.15, -0.1) is 0 Å². The first-order valence-electron chi connectivity index (χ1n) is 6.52. The minimum absolute atomic E-state index is 0.101. The van der Waals surface area contributed by atoms with E-state index in [9.17, 15) is 0 Å². The van der Waals surface area contributed by atoms with Crippen molar-refractivity contribution in [1.29, 1.82) is 5.41 Å². The van der Waals surface area contributed by atoms with E-state index in [1.165, 1.54) is 0 Å². The zero-order valence-corrected chi connectivity index (χ0v) is 11.6. The third-order valence-corrected chi connectivity index (χ3v) is 3.42. The lowest BCUT2D eigenvalue weighted by Gasteiger charge is -2.33. The fourth-order valence-corrected chi connectivity index (χ4v) is 2.42. The molecule has 1 fully saturated rings. The molecule has 1 atom stereocenters. The van der Waals surface area contributed by atoms with Gasteiger partial charge in [-0.25, -0.2) is 0 Å². The summed E-state index contributed by atoms with van der Waals surface area (Å²) in [5.41, 5.74) is 7.38. The van der Waals surface area contributed by atoms with Gasteiger partial charge in [0.05, 0.1) is 12.7 Å². The number of morpholine rings is 1. The van der Waals surface area contributed by atoms with Gasteiger partial charge < -0.3 is 20.3 Å². The number of amidine groups is 1. The highest BCUT2D eigenvalue weighted by molar-refractivity contribution is 6.00. The van der Waals surface area contributed by atoms with E-state index < -0.39 is 0 Å². The van der Waals surface area contributed by atoms with Gasteiger partial charge in [-0.1, -0.05) is 12.1 Å². The van der Waals surface area contributed by atoms with Crippen LogP contribution in [0.5, 0.6) is 0 Å². The Morgan fingerprint density at radius 1 is 1.53 bits per heavy atom. The Morgan fingerprint density at radius 3 is 2.95 bits per heavy atom. The molecule has 2 rings (SSSR count). The Labute approximate surface area is 114 Å². The molecule has 0 radical (unpaired) electrons. The standard InChI is InChI=1S/C14H22N4O/c1-17-7-8-19-11(9-17)10-18(2)13-6-4-3-5-12(13)14(15)16/h3-6,11H,7-10H2,1-2H3,(H3,15,16). The van der Waals surface area contributed by atoms with Gasteiger partial charge in [-0.2, -0.15) is 0 Å². The van der Waals surface area contributed by atoms with Crippen molar-refractivity contribution in [2.45, 2.75) is 6.10 Å². The molecule has 1 aliphatic heterocycles. The van der Waals surface area contributed by atoms with Crippen molar-refractivity contribution in [3.63, 3.8) is 0 Å². The van der Waals surface area contributed by atoms with Crippen LogP contribution < -0.4 is 10.6 Å². The van der Waals surface area contributed by atoms with Gasteiger partial charge in [0.25, 0.3) is 0 Å². The maximum atomic E-state index is 7.63. The molecule has 19 heavy (non-hydrogen) atoms. The minimum Gasteiger partial charge on any atom is -0.384 e. The highest BCUT2D eigenvalue weighted by Crippen LogP contribution is 2.19. The largest absolute Gasteiger partial charge is 0.384 e. The van der Waals surface area contributed by atoms with E-state index in [0.717, 1.165) is 37.5 Å². The topological polar surface area (TPSA) is 65.6 Å². The summed E-state index contributed by atoms with van der Waals surface area (Å²) in [6.07, 6.45) is 0.198. The van der Waals surface area contributed by atoms with Crippen LogP contribution in [0.4, 0.5) is 5.69 Å². The summed E-state index contributed by atoms with van der Waals surface area (Å²) in [5, 5.41) is 7.63. The number of rotatable bonds is 4. The van der Waals surface area contributed by atoms with Crippen molar-refractivity contribution in [3.8, 4) is 0 Å². The number of likely N-dealkylation sites (N-methyl/N-ethyl adjacent to an activating group) is 2. The molecule has 1 heterocycles. The fraction of sp³-hybridized carbons (Fsp3) is 0.500. The third-order valence-electron chi connectivity index (χ3n) is 3.42. The molecule has 1 aromatic carbocycles. The van der Waals surface area contributed by atoms with E-state index in [1.54, 1.807) is 0 Å². The smallest absolute Gasteiger partial charge is 0.124 e. The summed E-state index contributed by atoms with van der Waals surface area (Å²) in [6, 6.07) is 7.73. The zero-order valence-electron chi connectivity index (χ0n) is 11.6. The number of para-hydroxylation sites is 1. The number of nitrogens with one attached hydrogen (secondary N) is 1. The highest BCUT2D eigenvalue weighted by atomic mass is 16.5. The molecule has 0 saturated carbocycles. The SMILES string of the molecule is CN1CCOC(CN(C)c2ccccc2C(=N)N)C1. The predicted octanol–water partition coefficient (Wildman–Crippen LogP) is 0.737. The van der Waals surface area contributed by atoms with Gasteiger partial charge in [0.2, 0.25) is 0 Å². The summed E-state index contributed by atoms with van der Waals surface area (Å²) in [5.74, 6) is 0.101. The van der Waals surface area contributed by atoms with Crippen molar-refractivity contribution < 1.29 is 4.74 Å². The predicted molar refractivity (Wildman–Crippen MR) is 78.0 cm³/mol. The second-order valence-electron chi connectivity index (χ2n) is 5.07. The first kappa shape index (κ1) is 13.8. The number of ether oxygens (including phenoxy) is 1. The van der Waals surface area contributed by atoms with Crippen LogP contribution in [0.25, 0.3) is 0 Å². The average Bonchev–Trinajstić information content (AvgIpc) is 2.38. The summed E-state index contributed by atoms with van der Waals surface area (Å²) in [7, 11) is 4.12. The van der Waals surface area contributed by atoms with Crippen LogP contribution in [0.2, 0.25) is 0 Å². The van der Waals surface area contributed by atoms with Gasteiger partial charge >= 0.3 is 0 Å². The summed E-state index contributed by atoms with van der Waals surface area (Å²) in [4.78, 5) is 4.39. The van der Waals surface area contributed by atoms with Gasteiger partial charge in [0.1, 0.15) is 5.84 Å². The van der Waals surface area contributed by atoms with Gasteiger partial charge in [0, 0.05) is 37.9 Å². The van der Waals surface area contributed by atoms with Gasteiger partial charge in [-0.3, -0.25) is 5.41 Å². The molecule has 5 nitrogen and oxygen atoms in total. The van der Waals surface area contributed by atoms with Crippen molar-refractivity contribution in [3.05, 3.63) is 29.8 Å². The minimum atomic E-state index is 0.101. The second-order valence-corrected chi connectivity index (χ2v) is 5.07. The Bertz CT molecular complexity index is 449. The van der Waals surface area contributed by atoms with Crippen LogP contribution in [0.15, 0.2) is 24.3 Å². The van der Waals surface area contributed by atoms with E-state index in [2.05, 4.69) is 16.8 Å². The van der Waals surface area contributed by atoms with E-state index >= 15 is 0 Å². The number of hydrogen-bond donors (Lipinski definition) is 2. The highest BCUT2D eigenvalue weighted by Gasteiger charge is 2.20. The summed E-state index contributed by atoms with van der Waals surface area (Å²) < 4.78 is 5.77. The van der Waals surface area contributed by atoms with Crippen LogP contribution in [-0.4, -0.2) is 57.2 Å². The Balaban J connectivity index is 2.07. The zero-order chi connectivity index (χ0) is 13.8. The molecule has 3 N–H and O–H groups in total. The van der Waals surface area contributed by atoms with E-state index in [0.29, 0.717) is 0 Å². The van der Waals surface area contributed by atoms with E-state index in [4.69, 9.17) is 15.9 Å². The van der Waals surface area contributed by atoms with Crippen molar-refractivity contribution in [1.82, 2.24) is 4.90 Å². The molecule has 5 heteroatoms. The molecule has 0 spiro atoms. The molecule has 0 aliphatic carbocycles. The van der Waals surface area contributed by atoms with Crippen LogP contribution in [0.3, 0.4) is 0 Å². The molecule has 0 bridgehead atoms. The molecule has 0 amide bonds. The maximum absolute atomic E-state index is 7.63.